The first-order valence-corrected chi connectivity index (χ1v) is 3.95. The summed E-state index contributed by atoms with van der Waals surface area (Å²) in [5.41, 5.74) is 6.17. The largest absolute Gasteiger partial charge is 0.382 e. The van der Waals surface area contributed by atoms with E-state index in [0.29, 0.717) is 17.1 Å². The molecular weight excluding hydrogens is 183 g/mol. The van der Waals surface area contributed by atoms with E-state index >= 15 is 0 Å². The minimum absolute atomic E-state index is 0.309. The fourth-order valence-electron chi connectivity index (χ4n) is 1.06. The van der Waals surface area contributed by atoms with E-state index in [1.54, 1.807) is 0 Å². The van der Waals surface area contributed by atoms with Gasteiger partial charge in [0.2, 0.25) is 0 Å². The average Bonchev–Trinajstić information content (AvgIpc) is 2.20. The molecule has 14 heavy (non-hydrogen) atoms. The number of nitrogens with two attached hydrogens (primary N) is 1. The van der Waals surface area contributed by atoms with E-state index in [-0.39, 0.29) is 0 Å². The minimum atomic E-state index is -0.424. The minimum Gasteiger partial charge on any atom is -0.382 e. The van der Waals surface area contributed by atoms with Crippen molar-refractivity contribution in [2.75, 3.05) is 5.73 Å². The van der Waals surface area contributed by atoms with Crippen molar-refractivity contribution in [3.05, 3.63) is 36.7 Å². The Morgan fingerprint density at radius 2 is 2.00 bits per heavy atom. The quantitative estimate of drug-likeness (QED) is 0.735. The highest BCUT2D eigenvalue weighted by atomic mass is 19.1. The monoisotopic (exact) mass is 190 g/mol. The van der Waals surface area contributed by atoms with Crippen LogP contribution in [0.5, 0.6) is 0 Å². The van der Waals surface area contributed by atoms with Crippen molar-refractivity contribution >= 4 is 5.82 Å². The molecule has 0 radical (unpaired) electrons. The molecule has 2 heterocycles. The van der Waals surface area contributed by atoms with Crippen LogP contribution in [0.15, 0.2) is 30.9 Å². The topological polar surface area (TPSA) is 64.7 Å². The number of nitrogens with zero attached hydrogens (tertiary/aromatic N) is 3. The molecule has 4 nitrogen and oxygen atoms in total. The van der Waals surface area contributed by atoms with Crippen LogP contribution in [-0.4, -0.2) is 15.0 Å². The highest BCUT2D eigenvalue weighted by Crippen LogP contribution is 2.18. The van der Waals surface area contributed by atoms with Gasteiger partial charge in [-0.3, -0.25) is 9.97 Å². The summed E-state index contributed by atoms with van der Waals surface area (Å²) in [6, 6.07) is 1.54. The molecule has 0 saturated heterocycles. The first kappa shape index (κ1) is 8.55. The van der Waals surface area contributed by atoms with Crippen LogP contribution in [0.1, 0.15) is 0 Å². The zero-order chi connectivity index (χ0) is 9.97. The van der Waals surface area contributed by atoms with Gasteiger partial charge < -0.3 is 5.73 Å². The van der Waals surface area contributed by atoms with Crippen LogP contribution in [0.25, 0.3) is 11.3 Å². The Morgan fingerprint density at radius 3 is 2.64 bits per heavy atom. The zero-order valence-electron chi connectivity index (χ0n) is 7.18. The lowest BCUT2D eigenvalue weighted by molar-refractivity contribution is 0.624. The van der Waals surface area contributed by atoms with Crippen molar-refractivity contribution in [3.8, 4) is 11.3 Å². The maximum Gasteiger partial charge on any atom is 0.150 e. The normalized spacial score (nSPS) is 10.1. The molecule has 2 N–H and O–H groups in total. The molecule has 0 unspecified atom stereocenters. The lowest BCUT2D eigenvalue weighted by atomic mass is 10.2. The number of nitrogen functional groups attached to an aromatic ring is 1. The van der Waals surface area contributed by atoms with E-state index in [0.717, 1.165) is 6.20 Å². The third kappa shape index (κ3) is 1.52. The Kier molecular flexibility index (Phi) is 2.06. The maximum atomic E-state index is 13.2. The Bertz CT molecular complexity index is 441. The van der Waals surface area contributed by atoms with Gasteiger partial charge in [-0.05, 0) is 6.07 Å². The van der Waals surface area contributed by atoms with E-state index in [1.165, 1.54) is 24.7 Å². The van der Waals surface area contributed by atoms with E-state index in [4.69, 9.17) is 5.73 Å². The van der Waals surface area contributed by atoms with Gasteiger partial charge in [-0.1, -0.05) is 0 Å². The van der Waals surface area contributed by atoms with Crippen LogP contribution < -0.4 is 5.73 Å². The molecule has 0 fully saturated rings. The van der Waals surface area contributed by atoms with Crippen molar-refractivity contribution in [1.82, 2.24) is 15.0 Å². The van der Waals surface area contributed by atoms with Gasteiger partial charge in [0.15, 0.2) is 5.82 Å². The Hall–Kier alpha value is -2.04. The average molecular weight is 190 g/mol. The molecule has 0 aliphatic carbocycles. The summed E-state index contributed by atoms with van der Waals surface area (Å²) in [7, 11) is 0. The molecule has 2 aromatic rings. The molecule has 70 valence electrons. The highest BCUT2D eigenvalue weighted by Gasteiger charge is 2.05. The van der Waals surface area contributed by atoms with Crippen molar-refractivity contribution in [2.45, 2.75) is 0 Å². The molecule has 0 aliphatic heterocycles. The molecule has 2 aromatic heterocycles. The second kappa shape index (κ2) is 3.37. The third-order valence-corrected chi connectivity index (χ3v) is 1.72. The molecular formula is C9H7FN4. The van der Waals surface area contributed by atoms with Crippen LogP contribution in [0.2, 0.25) is 0 Å². The molecule has 0 aliphatic rings. The van der Waals surface area contributed by atoms with Gasteiger partial charge in [0.1, 0.15) is 5.82 Å². The number of anilines is 1. The standard InChI is InChI=1S/C9H7FN4/c10-7-3-12-2-1-6(7)8-4-14-9(11)5-13-8/h1-5H,(H2,11,14). The van der Waals surface area contributed by atoms with Crippen molar-refractivity contribution < 1.29 is 4.39 Å². The Labute approximate surface area is 79.7 Å². The van der Waals surface area contributed by atoms with Crippen molar-refractivity contribution in [1.29, 1.82) is 0 Å². The third-order valence-electron chi connectivity index (χ3n) is 1.72. The summed E-state index contributed by atoms with van der Waals surface area (Å²) in [6.45, 7) is 0. The van der Waals surface area contributed by atoms with Crippen LogP contribution in [0.4, 0.5) is 10.2 Å². The summed E-state index contributed by atoms with van der Waals surface area (Å²) in [4.78, 5) is 11.4. The molecule has 0 saturated carbocycles. The van der Waals surface area contributed by atoms with E-state index < -0.39 is 5.82 Å². The lowest BCUT2D eigenvalue weighted by Gasteiger charge is -2.00. The van der Waals surface area contributed by atoms with Gasteiger partial charge >= 0.3 is 0 Å². The number of aromatic nitrogens is 3. The van der Waals surface area contributed by atoms with Gasteiger partial charge in [0.05, 0.1) is 24.3 Å². The smallest absolute Gasteiger partial charge is 0.150 e. The van der Waals surface area contributed by atoms with Gasteiger partial charge in [-0.25, -0.2) is 9.37 Å². The number of halogens is 1. The fourth-order valence-corrected chi connectivity index (χ4v) is 1.06. The SMILES string of the molecule is Nc1cnc(-c2ccncc2F)cn1. The number of rotatable bonds is 1. The van der Waals surface area contributed by atoms with Crippen LogP contribution in [-0.2, 0) is 0 Å². The zero-order valence-corrected chi connectivity index (χ0v) is 7.18. The van der Waals surface area contributed by atoms with Gasteiger partial charge in [0.25, 0.3) is 0 Å². The fraction of sp³-hybridized carbons (Fsp3) is 0. The summed E-state index contributed by atoms with van der Waals surface area (Å²) >= 11 is 0. The van der Waals surface area contributed by atoms with Crippen molar-refractivity contribution in [3.63, 3.8) is 0 Å². The summed E-state index contributed by atoms with van der Waals surface area (Å²) in [5.74, 6) is -0.116. The summed E-state index contributed by atoms with van der Waals surface area (Å²) in [6.07, 6.45) is 5.44. The van der Waals surface area contributed by atoms with Crippen LogP contribution in [0.3, 0.4) is 0 Å². The van der Waals surface area contributed by atoms with Crippen LogP contribution >= 0.6 is 0 Å². The molecule has 0 spiro atoms. The first-order chi connectivity index (χ1) is 6.77. The van der Waals surface area contributed by atoms with Crippen LogP contribution in [0, 0.1) is 5.82 Å². The predicted octanol–water partition coefficient (Wildman–Crippen LogP) is 1.26. The maximum absolute atomic E-state index is 13.2. The number of pyridine rings is 1. The Balaban J connectivity index is 2.50. The molecule has 5 heteroatoms. The predicted molar refractivity (Wildman–Crippen MR) is 49.6 cm³/mol. The van der Waals surface area contributed by atoms with Gasteiger partial charge in [0, 0.05) is 11.8 Å². The summed E-state index contributed by atoms with van der Waals surface area (Å²) in [5, 5.41) is 0. The summed E-state index contributed by atoms with van der Waals surface area (Å²) < 4.78 is 13.2. The lowest BCUT2D eigenvalue weighted by Crippen LogP contribution is -1.94. The molecule has 0 amide bonds. The van der Waals surface area contributed by atoms with E-state index in [9.17, 15) is 4.39 Å². The number of hydrogen-bond acceptors (Lipinski definition) is 4. The second-order valence-electron chi connectivity index (χ2n) is 2.68. The molecule has 0 atom stereocenters. The van der Waals surface area contributed by atoms with E-state index in [2.05, 4.69) is 15.0 Å². The van der Waals surface area contributed by atoms with Gasteiger partial charge in [-0.2, -0.15) is 0 Å². The van der Waals surface area contributed by atoms with Gasteiger partial charge in [-0.15, -0.1) is 0 Å². The first-order valence-electron chi connectivity index (χ1n) is 3.95. The Morgan fingerprint density at radius 1 is 1.14 bits per heavy atom. The molecule has 0 aromatic carbocycles. The number of hydrogen-bond donors (Lipinski definition) is 1. The van der Waals surface area contributed by atoms with E-state index in [1.807, 2.05) is 0 Å². The second-order valence-corrected chi connectivity index (χ2v) is 2.68. The van der Waals surface area contributed by atoms with Crippen molar-refractivity contribution in [2.24, 2.45) is 0 Å². The molecule has 2 rings (SSSR count). The highest BCUT2D eigenvalue weighted by molar-refractivity contribution is 5.58. The molecule has 0 bridgehead atoms.